The number of anilines is 1. The molecule has 4 aromatic rings. The van der Waals surface area contributed by atoms with E-state index in [1.807, 2.05) is 47.8 Å². The summed E-state index contributed by atoms with van der Waals surface area (Å²) in [5.74, 6) is -0.479. The van der Waals surface area contributed by atoms with Crippen LogP contribution in [0.5, 0.6) is 0 Å². The lowest BCUT2D eigenvalue weighted by Crippen LogP contribution is -2.17. The van der Waals surface area contributed by atoms with Gasteiger partial charge >= 0.3 is 5.76 Å². The molecule has 0 radical (unpaired) electrons. The Kier molecular flexibility index (Phi) is 4.84. The fourth-order valence-corrected chi connectivity index (χ4v) is 3.55. The highest BCUT2D eigenvalue weighted by Gasteiger charge is 2.09. The molecule has 2 aromatic heterocycles. The number of carbonyl (C=O) groups excluding carboxylic acids is 1. The Hall–Kier alpha value is -3.19. The number of benzene rings is 2. The van der Waals surface area contributed by atoms with Gasteiger partial charge in [0.2, 0.25) is 5.91 Å². The number of aromatic nitrogens is 2. The van der Waals surface area contributed by atoms with E-state index in [4.69, 9.17) is 4.42 Å². The number of rotatable bonds is 6. The van der Waals surface area contributed by atoms with Crippen molar-refractivity contribution in [1.29, 1.82) is 0 Å². The van der Waals surface area contributed by atoms with Crippen LogP contribution in [-0.4, -0.2) is 15.5 Å². The van der Waals surface area contributed by atoms with Gasteiger partial charge in [0.1, 0.15) is 5.01 Å². The van der Waals surface area contributed by atoms with Gasteiger partial charge in [0, 0.05) is 35.8 Å². The molecular weight excluding hydrogens is 362 g/mol. The molecule has 0 unspecified atom stereocenters. The van der Waals surface area contributed by atoms with Crippen molar-refractivity contribution in [3.05, 3.63) is 70.7 Å². The summed E-state index contributed by atoms with van der Waals surface area (Å²) >= 11 is 1.57. The van der Waals surface area contributed by atoms with E-state index in [1.54, 1.807) is 28.2 Å². The zero-order valence-corrected chi connectivity index (χ0v) is 15.2. The average molecular weight is 379 g/mol. The van der Waals surface area contributed by atoms with Crippen molar-refractivity contribution in [2.24, 2.45) is 0 Å². The van der Waals surface area contributed by atoms with E-state index in [-0.39, 0.29) is 5.91 Å². The molecular formula is C20H17N3O3S. The molecule has 2 heterocycles. The van der Waals surface area contributed by atoms with E-state index < -0.39 is 5.76 Å². The van der Waals surface area contributed by atoms with Gasteiger partial charge in [0.25, 0.3) is 0 Å². The molecule has 6 nitrogen and oxygen atoms in total. The van der Waals surface area contributed by atoms with Crippen LogP contribution >= 0.6 is 11.3 Å². The maximum Gasteiger partial charge on any atom is 0.419 e. The highest BCUT2D eigenvalue weighted by atomic mass is 32.1. The summed E-state index contributed by atoms with van der Waals surface area (Å²) in [7, 11) is 0. The Balaban J connectivity index is 1.33. The topological polar surface area (TPSA) is 77.1 Å². The van der Waals surface area contributed by atoms with Gasteiger partial charge in [-0.3, -0.25) is 9.36 Å². The molecule has 7 heteroatoms. The largest absolute Gasteiger partial charge is 0.419 e. The predicted octanol–water partition coefficient (Wildman–Crippen LogP) is 4.14. The quantitative estimate of drug-likeness (QED) is 0.546. The molecule has 0 aliphatic carbocycles. The van der Waals surface area contributed by atoms with Gasteiger partial charge in [-0.05, 0) is 42.8 Å². The van der Waals surface area contributed by atoms with Crippen LogP contribution in [0.4, 0.5) is 5.69 Å². The van der Waals surface area contributed by atoms with Gasteiger partial charge in [-0.1, -0.05) is 12.1 Å². The molecule has 0 aliphatic rings. The predicted molar refractivity (Wildman–Crippen MR) is 106 cm³/mol. The molecule has 27 heavy (non-hydrogen) atoms. The number of oxazole rings is 1. The second-order valence-electron chi connectivity index (χ2n) is 6.05. The van der Waals surface area contributed by atoms with Crippen LogP contribution in [0.15, 0.2) is 69.3 Å². The minimum Gasteiger partial charge on any atom is -0.408 e. The number of aryl methyl sites for hydroxylation is 1. The minimum absolute atomic E-state index is 0.0853. The third-order valence-electron chi connectivity index (χ3n) is 4.21. The number of carbonyl (C=O) groups is 1. The van der Waals surface area contributed by atoms with Gasteiger partial charge in [-0.15, -0.1) is 11.3 Å². The first-order chi connectivity index (χ1) is 13.2. The number of hydrogen-bond donors (Lipinski definition) is 1. The number of thiazole rings is 1. The van der Waals surface area contributed by atoms with Crippen molar-refractivity contribution in [2.45, 2.75) is 19.4 Å². The van der Waals surface area contributed by atoms with E-state index in [0.29, 0.717) is 25.0 Å². The first kappa shape index (κ1) is 17.2. The van der Waals surface area contributed by atoms with E-state index in [2.05, 4.69) is 10.3 Å². The van der Waals surface area contributed by atoms with Gasteiger partial charge in [0.15, 0.2) is 5.58 Å². The summed E-state index contributed by atoms with van der Waals surface area (Å²) < 4.78 is 6.76. The molecule has 1 amide bonds. The standard InChI is InChI=1S/C20H17N3O3S/c24-18(22-15-9-7-14(8-10-15)19-21-11-13-27-19)6-3-12-23-16-4-1-2-5-17(16)26-20(23)25/h1-2,4-5,7-11,13H,3,6,12H2,(H,22,24). The van der Waals surface area contributed by atoms with E-state index in [0.717, 1.165) is 21.8 Å². The van der Waals surface area contributed by atoms with Crippen molar-refractivity contribution in [3.63, 3.8) is 0 Å². The molecule has 136 valence electrons. The minimum atomic E-state index is -0.394. The monoisotopic (exact) mass is 379 g/mol. The van der Waals surface area contributed by atoms with Crippen molar-refractivity contribution >= 4 is 34.0 Å². The normalized spacial score (nSPS) is 11.0. The Morgan fingerprint density at radius 2 is 1.96 bits per heavy atom. The average Bonchev–Trinajstić information content (AvgIpc) is 3.31. The van der Waals surface area contributed by atoms with Crippen molar-refractivity contribution in [1.82, 2.24) is 9.55 Å². The van der Waals surface area contributed by atoms with Gasteiger partial charge in [-0.2, -0.15) is 0 Å². The van der Waals surface area contributed by atoms with E-state index >= 15 is 0 Å². The molecule has 0 bridgehead atoms. The van der Waals surface area contributed by atoms with Crippen LogP contribution in [0.3, 0.4) is 0 Å². The SMILES string of the molecule is O=C(CCCn1c(=O)oc2ccccc21)Nc1ccc(-c2nccs2)cc1. The molecule has 0 atom stereocenters. The maximum absolute atomic E-state index is 12.2. The Bertz CT molecular complexity index is 1110. The molecule has 0 fully saturated rings. The molecule has 2 aromatic carbocycles. The highest BCUT2D eigenvalue weighted by molar-refractivity contribution is 7.13. The van der Waals surface area contributed by atoms with Crippen molar-refractivity contribution in [2.75, 3.05) is 5.32 Å². The van der Waals surface area contributed by atoms with Crippen LogP contribution in [0.2, 0.25) is 0 Å². The fourth-order valence-electron chi connectivity index (χ4n) is 2.91. The van der Waals surface area contributed by atoms with Crippen molar-refractivity contribution < 1.29 is 9.21 Å². The summed E-state index contributed by atoms with van der Waals surface area (Å²) in [4.78, 5) is 28.4. The first-order valence-electron chi connectivity index (χ1n) is 8.59. The molecule has 1 N–H and O–H groups in total. The zero-order chi connectivity index (χ0) is 18.6. The zero-order valence-electron chi connectivity index (χ0n) is 14.4. The van der Waals surface area contributed by atoms with Gasteiger partial charge < -0.3 is 9.73 Å². The Morgan fingerprint density at radius 1 is 1.15 bits per heavy atom. The molecule has 0 saturated carbocycles. The summed E-state index contributed by atoms with van der Waals surface area (Å²) in [6.45, 7) is 0.437. The number of nitrogens with one attached hydrogen (secondary N) is 1. The third kappa shape index (κ3) is 3.83. The number of fused-ring (bicyclic) bond motifs is 1. The molecule has 0 aliphatic heterocycles. The molecule has 4 rings (SSSR count). The third-order valence-corrected chi connectivity index (χ3v) is 5.03. The van der Waals surface area contributed by atoms with Crippen LogP contribution in [-0.2, 0) is 11.3 Å². The van der Waals surface area contributed by atoms with E-state index in [9.17, 15) is 9.59 Å². The summed E-state index contributed by atoms with van der Waals surface area (Å²) in [5.41, 5.74) is 3.08. The highest BCUT2D eigenvalue weighted by Crippen LogP contribution is 2.23. The van der Waals surface area contributed by atoms with Crippen molar-refractivity contribution in [3.8, 4) is 10.6 Å². The molecule has 0 spiro atoms. The fraction of sp³-hybridized carbons (Fsp3) is 0.150. The Morgan fingerprint density at radius 3 is 2.74 bits per heavy atom. The first-order valence-corrected chi connectivity index (χ1v) is 9.47. The second-order valence-corrected chi connectivity index (χ2v) is 6.95. The van der Waals surface area contributed by atoms with Crippen LogP contribution in [0.1, 0.15) is 12.8 Å². The number of amides is 1. The lowest BCUT2D eigenvalue weighted by molar-refractivity contribution is -0.116. The van der Waals surface area contributed by atoms with Crippen LogP contribution in [0.25, 0.3) is 21.7 Å². The van der Waals surface area contributed by atoms with Crippen LogP contribution < -0.4 is 11.1 Å². The molecule has 0 saturated heterocycles. The van der Waals surface area contributed by atoms with E-state index in [1.165, 1.54) is 0 Å². The lowest BCUT2D eigenvalue weighted by Gasteiger charge is -2.06. The van der Waals surface area contributed by atoms with Gasteiger partial charge in [0.05, 0.1) is 5.52 Å². The Labute approximate surface area is 159 Å². The number of para-hydroxylation sites is 2. The van der Waals surface area contributed by atoms with Gasteiger partial charge in [-0.25, -0.2) is 9.78 Å². The second kappa shape index (κ2) is 7.59. The summed E-state index contributed by atoms with van der Waals surface area (Å²) in [6.07, 6.45) is 2.64. The summed E-state index contributed by atoms with van der Waals surface area (Å²) in [6, 6.07) is 14.9. The number of nitrogens with zero attached hydrogens (tertiary/aromatic N) is 2. The lowest BCUT2D eigenvalue weighted by atomic mass is 10.2. The summed E-state index contributed by atoms with van der Waals surface area (Å²) in [5, 5.41) is 5.76. The maximum atomic E-state index is 12.2. The smallest absolute Gasteiger partial charge is 0.408 e. The van der Waals surface area contributed by atoms with Crippen LogP contribution in [0, 0.1) is 0 Å². The number of hydrogen-bond acceptors (Lipinski definition) is 5.